The van der Waals surface area contributed by atoms with Gasteiger partial charge in [-0.15, -0.1) is 4.83 Å². The van der Waals surface area contributed by atoms with E-state index >= 15 is 0 Å². The van der Waals surface area contributed by atoms with Crippen molar-refractivity contribution in [2.75, 3.05) is 6.26 Å². The first-order chi connectivity index (χ1) is 6.49. The second-order valence-electron chi connectivity index (χ2n) is 2.42. The van der Waals surface area contributed by atoms with Crippen LogP contribution >= 0.6 is 0 Å². The van der Waals surface area contributed by atoms with E-state index in [1.165, 1.54) is 18.6 Å². The molecule has 1 aromatic heterocycles. The molecule has 0 unspecified atom stereocenters. The van der Waals surface area contributed by atoms with Crippen LogP contribution in [0.1, 0.15) is 10.5 Å². The minimum absolute atomic E-state index is 0.0312. The Morgan fingerprint density at radius 2 is 2.14 bits per heavy atom. The summed E-state index contributed by atoms with van der Waals surface area (Å²) in [4.78, 5) is 20.3. The second-order valence-corrected chi connectivity index (χ2v) is 4.17. The highest BCUT2D eigenvalue weighted by molar-refractivity contribution is 7.88. The van der Waals surface area contributed by atoms with Crippen molar-refractivity contribution in [2.45, 2.75) is 0 Å². The van der Waals surface area contributed by atoms with Crippen LogP contribution in [0.5, 0.6) is 0 Å². The van der Waals surface area contributed by atoms with E-state index in [-0.39, 0.29) is 5.69 Å². The number of amides is 1. The van der Waals surface area contributed by atoms with Gasteiger partial charge in [0, 0.05) is 12.4 Å². The first-order valence-electron chi connectivity index (χ1n) is 3.52. The minimum Gasteiger partial charge on any atom is -0.272 e. The Bertz CT molecular complexity index is 416. The van der Waals surface area contributed by atoms with Gasteiger partial charge in [0.05, 0.1) is 12.5 Å². The summed E-state index contributed by atoms with van der Waals surface area (Å²) in [5.74, 6) is -0.663. The molecule has 1 amide bonds. The van der Waals surface area contributed by atoms with Gasteiger partial charge in [-0.25, -0.2) is 13.4 Å². The summed E-state index contributed by atoms with van der Waals surface area (Å²) in [7, 11) is -3.46. The number of hydrogen-bond acceptors (Lipinski definition) is 5. The predicted octanol–water partition coefficient (Wildman–Crippen LogP) is -1.33. The molecule has 1 heterocycles. The van der Waals surface area contributed by atoms with E-state index in [1.807, 2.05) is 10.3 Å². The van der Waals surface area contributed by atoms with Crippen LogP contribution in [-0.4, -0.2) is 30.5 Å². The van der Waals surface area contributed by atoms with E-state index in [2.05, 4.69) is 9.97 Å². The van der Waals surface area contributed by atoms with Gasteiger partial charge in [0.2, 0.25) is 10.0 Å². The Kier molecular flexibility index (Phi) is 3.10. The normalized spacial score (nSPS) is 10.9. The van der Waals surface area contributed by atoms with Crippen molar-refractivity contribution < 1.29 is 13.2 Å². The maximum absolute atomic E-state index is 11.2. The molecule has 76 valence electrons. The van der Waals surface area contributed by atoms with E-state index in [0.29, 0.717) is 0 Å². The summed E-state index contributed by atoms with van der Waals surface area (Å²) in [5, 5.41) is 0. The molecule has 8 heteroatoms. The van der Waals surface area contributed by atoms with E-state index in [9.17, 15) is 13.2 Å². The van der Waals surface area contributed by atoms with Gasteiger partial charge in [-0.1, -0.05) is 0 Å². The Morgan fingerprint density at radius 1 is 1.43 bits per heavy atom. The van der Waals surface area contributed by atoms with Crippen molar-refractivity contribution >= 4 is 15.9 Å². The summed E-state index contributed by atoms with van der Waals surface area (Å²) in [6, 6.07) is 0. The van der Waals surface area contributed by atoms with Crippen LogP contribution in [0.2, 0.25) is 0 Å². The smallest absolute Gasteiger partial charge is 0.272 e. The summed E-state index contributed by atoms with van der Waals surface area (Å²) in [6.07, 6.45) is 4.87. The fraction of sp³-hybridized carbons (Fsp3) is 0.167. The van der Waals surface area contributed by atoms with Gasteiger partial charge in [-0.3, -0.25) is 15.2 Å². The molecule has 7 nitrogen and oxygen atoms in total. The van der Waals surface area contributed by atoms with Gasteiger partial charge in [-0.05, 0) is 0 Å². The molecule has 0 aliphatic heterocycles. The highest BCUT2D eigenvalue weighted by atomic mass is 32.2. The first kappa shape index (κ1) is 10.5. The Labute approximate surface area is 80.6 Å². The van der Waals surface area contributed by atoms with Crippen LogP contribution in [0.3, 0.4) is 0 Å². The van der Waals surface area contributed by atoms with Crippen LogP contribution in [0.25, 0.3) is 0 Å². The summed E-state index contributed by atoms with van der Waals surface area (Å²) in [5.41, 5.74) is 1.99. The van der Waals surface area contributed by atoms with Gasteiger partial charge >= 0.3 is 0 Å². The van der Waals surface area contributed by atoms with Crippen molar-refractivity contribution in [3.8, 4) is 0 Å². The van der Waals surface area contributed by atoms with E-state index in [4.69, 9.17) is 0 Å². The number of nitrogens with one attached hydrogen (secondary N) is 2. The topological polar surface area (TPSA) is 101 Å². The number of hydrogen-bond donors (Lipinski definition) is 2. The number of carbonyl (C=O) groups is 1. The second kappa shape index (κ2) is 4.11. The average Bonchev–Trinajstić information content (AvgIpc) is 2.14. The first-order valence-corrected chi connectivity index (χ1v) is 5.41. The largest absolute Gasteiger partial charge is 0.286 e. The molecule has 14 heavy (non-hydrogen) atoms. The Morgan fingerprint density at radius 3 is 2.64 bits per heavy atom. The molecule has 0 spiro atoms. The fourth-order valence-corrected chi connectivity index (χ4v) is 0.898. The van der Waals surface area contributed by atoms with Gasteiger partial charge in [0.1, 0.15) is 5.69 Å². The van der Waals surface area contributed by atoms with Gasteiger partial charge in [0.25, 0.3) is 5.91 Å². The van der Waals surface area contributed by atoms with Crippen LogP contribution in [-0.2, 0) is 10.0 Å². The minimum atomic E-state index is -3.46. The number of rotatable bonds is 3. The lowest BCUT2D eigenvalue weighted by Crippen LogP contribution is -2.41. The SMILES string of the molecule is CS(=O)(=O)NNC(=O)c1cnccn1. The van der Waals surface area contributed by atoms with Crippen LogP contribution in [0.15, 0.2) is 18.6 Å². The number of nitrogens with zero attached hydrogens (tertiary/aromatic N) is 2. The van der Waals surface area contributed by atoms with E-state index in [1.54, 1.807) is 0 Å². The van der Waals surface area contributed by atoms with Crippen molar-refractivity contribution in [2.24, 2.45) is 0 Å². The zero-order valence-electron chi connectivity index (χ0n) is 7.26. The molecule has 0 aliphatic rings. The molecule has 0 aliphatic carbocycles. The number of sulfonamides is 1. The van der Waals surface area contributed by atoms with E-state index in [0.717, 1.165) is 6.26 Å². The monoisotopic (exact) mass is 216 g/mol. The number of carbonyl (C=O) groups excluding carboxylic acids is 1. The third-order valence-corrected chi connectivity index (χ3v) is 1.62. The van der Waals surface area contributed by atoms with E-state index < -0.39 is 15.9 Å². The molecule has 1 aromatic rings. The predicted molar refractivity (Wildman–Crippen MR) is 47.5 cm³/mol. The quantitative estimate of drug-likeness (QED) is 0.610. The molecule has 0 saturated carbocycles. The lowest BCUT2D eigenvalue weighted by molar-refractivity contribution is 0.0940. The average molecular weight is 216 g/mol. The molecule has 2 N–H and O–H groups in total. The van der Waals surface area contributed by atoms with Crippen LogP contribution in [0, 0.1) is 0 Å². The Hall–Kier alpha value is -1.54. The molecule has 0 fully saturated rings. The highest BCUT2D eigenvalue weighted by Gasteiger charge is 2.08. The zero-order chi connectivity index (χ0) is 10.6. The van der Waals surface area contributed by atoms with Crippen molar-refractivity contribution in [3.05, 3.63) is 24.3 Å². The van der Waals surface area contributed by atoms with Crippen molar-refractivity contribution in [1.29, 1.82) is 0 Å². The zero-order valence-corrected chi connectivity index (χ0v) is 8.08. The molecule has 0 aromatic carbocycles. The number of aromatic nitrogens is 2. The summed E-state index contributed by atoms with van der Waals surface area (Å²) in [6.45, 7) is 0. The van der Waals surface area contributed by atoms with Gasteiger partial charge in [-0.2, -0.15) is 0 Å². The molecular weight excluding hydrogens is 208 g/mol. The van der Waals surface area contributed by atoms with Crippen molar-refractivity contribution in [3.63, 3.8) is 0 Å². The van der Waals surface area contributed by atoms with Crippen LogP contribution in [0.4, 0.5) is 0 Å². The lowest BCUT2D eigenvalue weighted by Gasteiger charge is -2.03. The molecule has 0 radical (unpaired) electrons. The molecule has 1 rings (SSSR count). The summed E-state index contributed by atoms with van der Waals surface area (Å²) >= 11 is 0. The third-order valence-electron chi connectivity index (χ3n) is 1.15. The molecule has 0 saturated heterocycles. The Balaban J connectivity index is 2.61. The lowest BCUT2D eigenvalue weighted by atomic mass is 10.4. The molecule has 0 atom stereocenters. The standard InChI is InChI=1S/C6H8N4O3S/c1-14(12,13)10-9-6(11)5-4-7-2-3-8-5/h2-4,10H,1H3,(H,9,11). The van der Waals surface area contributed by atoms with Crippen LogP contribution < -0.4 is 10.3 Å². The number of hydrazine groups is 1. The van der Waals surface area contributed by atoms with Gasteiger partial charge < -0.3 is 0 Å². The summed E-state index contributed by atoms with van der Waals surface area (Å²) < 4.78 is 21.2. The van der Waals surface area contributed by atoms with Crippen molar-refractivity contribution in [1.82, 2.24) is 20.2 Å². The highest BCUT2D eigenvalue weighted by Crippen LogP contribution is 1.88. The molecular formula is C6H8N4O3S. The fourth-order valence-electron chi connectivity index (χ4n) is 0.619. The maximum atomic E-state index is 11.2. The molecule has 0 bridgehead atoms. The third kappa shape index (κ3) is 3.46. The maximum Gasteiger partial charge on any atom is 0.286 e. The van der Waals surface area contributed by atoms with Gasteiger partial charge in [0.15, 0.2) is 0 Å².